The van der Waals surface area contributed by atoms with Crippen LogP contribution in [-0.2, 0) is 6.18 Å². The summed E-state index contributed by atoms with van der Waals surface area (Å²) in [5.74, 6) is -2.92. The largest absolute Gasteiger partial charge is 0.490 e. The topological polar surface area (TPSA) is 143 Å². The van der Waals surface area contributed by atoms with Crippen LogP contribution in [0.2, 0.25) is 0 Å². The number of nitrogens with two attached hydrogens (primary N) is 2. The third-order valence-electron chi connectivity index (χ3n) is 11.0. The smallest absolute Gasteiger partial charge is 0.420 e. The molecule has 5 aromatic rings. The molecule has 11 nitrogen and oxygen atoms in total. The number of nitrogens with zero attached hydrogens (tertiary/aromatic N) is 7. The summed E-state index contributed by atoms with van der Waals surface area (Å²) in [6, 6.07) is 6.20. The lowest BCUT2D eigenvalue weighted by atomic mass is 9.91. The Kier molecular flexibility index (Phi) is 9.53. The Morgan fingerprint density at radius 2 is 1.96 bits per heavy atom. The van der Waals surface area contributed by atoms with Gasteiger partial charge in [-0.25, -0.2) is 18.2 Å². The summed E-state index contributed by atoms with van der Waals surface area (Å²) in [6.07, 6.45) is -2.73. The van der Waals surface area contributed by atoms with Crippen LogP contribution in [0, 0.1) is 23.0 Å². The number of halogens is 6. The van der Waals surface area contributed by atoms with Gasteiger partial charge in [0.05, 0.1) is 33.8 Å². The molecule has 3 aliphatic heterocycles. The van der Waals surface area contributed by atoms with Crippen LogP contribution in [0.15, 0.2) is 30.5 Å². The van der Waals surface area contributed by atoms with E-state index >= 15 is 22.0 Å². The van der Waals surface area contributed by atoms with Crippen molar-refractivity contribution >= 4 is 49.0 Å². The molecule has 2 fully saturated rings. The van der Waals surface area contributed by atoms with Gasteiger partial charge in [0.2, 0.25) is 0 Å². The fourth-order valence-electron chi connectivity index (χ4n) is 8.59. The molecule has 3 atom stereocenters. The normalized spacial score (nSPS) is 20.4. The van der Waals surface area contributed by atoms with E-state index in [9.17, 15) is 9.65 Å². The van der Waals surface area contributed by atoms with E-state index in [1.165, 1.54) is 6.20 Å². The maximum absolute atomic E-state index is 17.6. The molecule has 0 saturated carbocycles. The van der Waals surface area contributed by atoms with Gasteiger partial charge in [0, 0.05) is 35.7 Å². The average molecular weight is 798 g/mol. The number of ether oxygens (including phenoxy) is 2. The Bertz CT molecular complexity index is 2400. The molecule has 0 spiro atoms. The fourth-order valence-corrected chi connectivity index (χ4v) is 9.54. The second-order valence-electron chi connectivity index (χ2n) is 14.7. The van der Waals surface area contributed by atoms with Crippen molar-refractivity contribution in [1.82, 2.24) is 24.8 Å². The van der Waals surface area contributed by atoms with Gasteiger partial charge in [-0.1, -0.05) is 12.1 Å². The van der Waals surface area contributed by atoms with E-state index in [0.717, 1.165) is 18.6 Å². The molecule has 0 radical (unpaired) electrons. The quantitative estimate of drug-likeness (QED) is 0.148. The number of benzene rings is 2. The van der Waals surface area contributed by atoms with E-state index < -0.39 is 63.5 Å². The summed E-state index contributed by atoms with van der Waals surface area (Å²) in [6.45, 7) is 1.04. The van der Waals surface area contributed by atoms with E-state index in [1.54, 1.807) is 17.0 Å². The van der Waals surface area contributed by atoms with Gasteiger partial charge in [-0.2, -0.15) is 28.4 Å². The lowest BCUT2D eigenvalue weighted by Crippen LogP contribution is -2.43. The minimum atomic E-state index is -5.25. The Morgan fingerprint density at radius 1 is 1.16 bits per heavy atom. The zero-order chi connectivity index (χ0) is 39.7. The number of rotatable bonds is 9. The molecule has 3 aromatic heterocycles. The average Bonchev–Trinajstić information content (AvgIpc) is 3.75. The first kappa shape index (κ1) is 37.8. The van der Waals surface area contributed by atoms with Gasteiger partial charge in [-0.15, -0.1) is 11.3 Å². The van der Waals surface area contributed by atoms with Gasteiger partial charge < -0.3 is 30.7 Å². The number of fused-ring (bicyclic) bond motifs is 2. The van der Waals surface area contributed by atoms with Gasteiger partial charge in [-0.05, 0) is 64.1 Å². The number of hydrogen-bond acceptors (Lipinski definition) is 12. The second-order valence-corrected chi connectivity index (χ2v) is 15.7. The summed E-state index contributed by atoms with van der Waals surface area (Å²) >= 11 is 0.669. The van der Waals surface area contributed by atoms with E-state index in [2.05, 4.69) is 9.97 Å². The highest BCUT2D eigenvalue weighted by atomic mass is 32.1. The van der Waals surface area contributed by atoms with Gasteiger partial charge in [0.25, 0.3) is 0 Å². The molecule has 8 rings (SSSR count). The highest BCUT2D eigenvalue weighted by Gasteiger charge is 2.50. The molecule has 0 amide bonds. The van der Waals surface area contributed by atoms with E-state index in [4.69, 9.17) is 25.9 Å². The molecule has 0 aliphatic carbocycles. The van der Waals surface area contributed by atoms with E-state index in [0.29, 0.717) is 42.8 Å². The Labute approximate surface area is 321 Å². The third kappa shape index (κ3) is 6.25. The predicted molar refractivity (Wildman–Crippen MR) is 200 cm³/mol. The van der Waals surface area contributed by atoms with Crippen LogP contribution in [0.3, 0.4) is 0 Å². The van der Waals surface area contributed by atoms with Crippen molar-refractivity contribution in [3.05, 3.63) is 58.8 Å². The summed E-state index contributed by atoms with van der Waals surface area (Å²) < 4.78 is 106. The maximum Gasteiger partial charge on any atom is 0.420 e. The van der Waals surface area contributed by atoms with Crippen molar-refractivity contribution in [2.75, 3.05) is 69.9 Å². The lowest BCUT2D eigenvalue weighted by Gasteiger charge is -2.34. The molecule has 2 aromatic carbocycles. The fraction of sp³-hybridized carbons (Fsp3) is 0.421. The molecule has 0 bridgehead atoms. The molecule has 56 heavy (non-hydrogen) atoms. The van der Waals surface area contributed by atoms with Crippen LogP contribution in [0.5, 0.6) is 11.8 Å². The van der Waals surface area contributed by atoms with E-state index in [-0.39, 0.29) is 76.4 Å². The van der Waals surface area contributed by atoms with Crippen LogP contribution < -0.4 is 25.8 Å². The predicted octanol–water partition coefficient (Wildman–Crippen LogP) is 7.09. The lowest BCUT2D eigenvalue weighted by molar-refractivity contribution is -0.138. The molecular weight excluding hydrogens is 761 g/mol. The molecule has 3 aliphatic rings. The van der Waals surface area contributed by atoms with Crippen molar-refractivity contribution < 1.29 is 35.8 Å². The van der Waals surface area contributed by atoms with Crippen molar-refractivity contribution in [3.63, 3.8) is 0 Å². The molecular formula is C38H37F6N9O2S. The zero-order valence-corrected chi connectivity index (χ0v) is 31.2. The first-order chi connectivity index (χ1) is 26.7. The first-order valence-electron chi connectivity index (χ1n) is 18.0. The summed E-state index contributed by atoms with van der Waals surface area (Å²) in [5.41, 5.74) is 8.58. The van der Waals surface area contributed by atoms with Gasteiger partial charge in [0.15, 0.2) is 5.82 Å². The molecule has 18 heteroatoms. The van der Waals surface area contributed by atoms with E-state index in [1.807, 2.05) is 30.0 Å². The summed E-state index contributed by atoms with van der Waals surface area (Å²) in [7, 11) is 3.74. The van der Waals surface area contributed by atoms with Crippen molar-refractivity contribution in [3.8, 4) is 29.0 Å². The number of nitrogen functional groups attached to an aromatic ring is 2. The number of nitriles is 1. The van der Waals surface area contributed by atoms with Crippen LogP contribution in [0.1, 0.15) is 48.4 Å². The van der Waals surface area contributed by atoms with Gasteiger partial charge >= 0.3 is 12.2 Å². The molecule has 6 heterocycles. The standard InChI is InChI=1S/C38H37F6N9O2S/c1-51(2)12-8-24(20-5-3-10-48-33(20)46)53-13-14-54-31-27-30(49-36(50-35(27)53)55-18-37-9-4-11-52(37)17-19(39)15-37)29(41)26(28(31)38(42,43)44)21-6-7-23(40)32-25(21)22(16-45)34(47)56-32/h3,5-7,10,19,24H,4,8-9,11-15,17-18,47H2,1-2H3,(H2,46,48)/t19-,24-,37+/m1/s1. The maximum atomic E-state index is 17.6. The van der Waals surface area contributed by atoms with Crippen LogP contribution in [0.4, 0.5) is 43.0 Å². The minimum Gasteiger partial charge on any atom is -0.490 e. The van der Waals surface area contributed by atoms with Crippen molar-refractivity contribution in [1.29, 1.82) is 5.26 Å². The number of thiophene rings is 1. The van der Waals surface area contributed by atoms with Crippen LogP contribution >= 0.6 is 11.3 Å². The highest BCUT2D eigenvalue weighted by molar-refractivity contribution is 7.23. The molecule has 294 valence electrons. The van der Waals surface area contributed by atoms with Crippen molar-refractivity contribution in [2.45, 2.75) is 49.6 Å². The summed E-state index contributed by atoms with van der Waals surface area (Å²) in [5, 5.41) is 9.21. The molecule has 4 N–H and O–H groups in total. The molecule has 2 saturated heterocycles. The van der Waals surface area contributed by atoms with Gasteiger partial charge in [0.1, 0.15) is 64.7 Å². The van der Waals surface area contributed by atoms with Crippen LogP contribution in [-0.4, -0.2) is 90.0 Å². The summed E-state index contributed by atoms with van der Waals surface area (Å²) in [4.78, 5) is 19.1. The van der Waals surface area contributed by atoms with Crippen molar-refractivity contribution in [2.24, 2.45) is 0 Å². The molecule has 0 unspecified atom stereocenters. The number of pyridine rings is 1. The Hall–Kier alpha value is -5.12. The second kappa shape index (κ2) is 14.1. The number of hydrogen-bond donors (Lipinski definition) is 2. The first-order valence-corrected chi connectivity index (χ1v) is 18.9. The number of alkyl halides is 4. The zero-order valence-electron chi connectivity index (χ0n) is 30.4. The number of aromatic nitrogens is 3. The highest BCUT2D eigenvalue weighted by Crippen LogP contribution is 2.54. The van der Waals surface area contributed by atoms with Gasteiger partial charge in [-0.3, -0.25) is 4.90 Å². The monoisotopic (exact) mass is 797 g/mol. The minimum absolute atomic E-state index is 0.0252. The SMILES string of the molecule is CN(C)CC[C@H](c1cccnc1N)N1CCOc2c(C(F)(F)F)c(-c3ccc(F)c4sc(N)c(C#N)c34)c(F)c3nc(OC[C@@]45CCCN4C[C@H](F)C5)nc1c23. The Balaban J connectivity index is 1.42. The number of anilines is 3. The third-order valence-corrected chi connectivity index (χ3v) is 12.0. The Morgan fingerprint density at radius 3 is 2.70 bits per heavy atom. The van der Waals surface area contributed by atoms with Crippen LogP contribution in [0.25, 0.3) is 32.1 Å².